The van der Waals surface area contributed by atoms with E-state index in [-0.39, 0.29) is 0 Å². The predicted octanol–water partition coefficient (Wildman–Crippen LogP) is 1.18. The first-order chi connectivity index (χ1) is 5.27. The molecule has 0 saturated carbocycles. The maximum Gasteiger partial charge on any atom is 0.0598 e. The molecule has 0 aromatic carbocycles. The molecule has 0 bridgehead atoms. The van der Waals surface area contributed by atoms with E-state index in [1.54, 1.807) is 0 Å². The van der Waals surface area contributed by atoms with Crippen LogP contribution in [0, 0.1) is 5.92 Å². The molecule has 0 spiro atoms. The van der Waals surface area contributed by atoms with Gasteiger partial charge in [-0.05, 0) is 23.6 Å². The van der Waals surface area contributed by atoms with Gasteiger partial charge in [-0.2, -0.15) is 0 Å². The third-order valence-electron chi connectivity index (χ3n) is 2.02. The topological polar surface area (TPSA) is 15.8 Å². The van der Waals surface area contributed by atoms with Crippen LogP contribution in [0.2, 0.25) is 0 Å². The molecule has 0 radical (unpaired) electrons. The number of aromatic nitrogens is 1. The van der Waals surface area contributed by atoms with Crippen molar-refractivity contribution in [2.24, 2.45) is 5.92 Å². The van der Waals surface area contributed by atoms with E-state index in [0.29, 0.717) is 5.92 Å². The minimum atomic E-state index is 0.575. The maximum atomic E-state index is 6.05. The summed E-state index contributed by atoms with van der Waals surface area (Å²) >= 11 is 6.05. The van der Waals surface area contributed by atoms with Gasteiger partial charge in [0.1, 0.15) is 0 Å². The maximum absolute atomic E-state index is 6.05. The summed E-state index contributed by atoms with van der Waals surface area (Å²) in [7, 11) is 0. The Morgan fingerprint density at radius 1 is 1.64 bits per heavy atom. The SMILES string of the molecule is C[C@@H]1C=c2cc[nH]c2=C(Cl)C1. The summed E-state index contributed by atoms with van der Waals surface area (Å²) in [4.78, 5) is 3.13. The molecule has 0 fully saturated rings. The Bertz CT molecular complexity index is 375. The summed E-state index contributed by atoms with van der Waals surface area (Å²) in [5, 5.41) is 3.30. The van der Waals surface area contributed by atoms with Crippen molar-refractivity contribution in [2.75, 3.05) is 0 Å². The van der Waals surface area contributed by atoms with Gasteiger partial charge in [-0.1, -0.05) is 24.6 Å². The van der Waals surface area contributed by atoms with Gasteiger partial charge >= 0.3 is 0 Å². The van der Waals surface area contributed by atoms with E-state index >= 15 is 0 Å². The largest absolute Gasteiger partial charge is 0.360 e. The van der Waals surface area contributed by atoms with Crippen LogP contribution in [0.1, 0.15) is 13.3 Å². The van der Waals surface area contributed by atoms with Gasteiger partial charge in [0.15, 0.2) is 0 Å². The van der Waals surface area contributed by atoms with Crippen molar-refractivity contribution in [3.05, 3.63) is 22.8 Å². The molecule has 0 unspecified atom stereocenters. The fraction of sp³-hybridized carbons (Fsp3) is 0.333. The zero-order chi connectivity index (χ0) is 7.84. The van der Waals surface area contributed by atoms with Crippen LogP contribution in [0.15, 0.2) is 12.3 Å². The van der Waals surface area contributed by atoms with E-state index < -0.39 is 0 Å². The Labute approximate surface area is 70.4 Å². The number of H-pyrrole nitrogens is 1. The number of rotatable bonds is 0. The smallest absolute Gasteiger partial charge is 0.0598 e. The van der Waals surface area contributed by atoms with Crippen molar-refractivity contribution < 1.29 is 0 Å². The highest BCUT2D eigenvalue weighted by Gasteiger charge is 2.07. The average Bonchev–Trinajstić information content (AvgIpc) is 2.34. The molecule has 0 saturated heterocycles. The van der Waals surface area contributed by atoms with Crippen molar-refractivity contribution in [3.63, 3.8) is 0 Å². The third-order valence-corrected chi connectivity index (χ3v) is 2.36. The first-order valence-corrected chi connectivity index (χ1v) is 4.19. The molecule has 1 N–H and O–H groups in total. The first-order valence-electron chi connectivity index (χ1n) is 3.81. The molecule has 1 heterocycles. The molecule has 1 aliphatic carbocycles. The second-order valence-corrected chi connectivity index (χ2v) is 3.52. The molecule has 0 amide bonds. The van der Waals surface area contributed by atoms with Crippen molar-refractivity contribution >= 4 is 22.7 Å². The van der Waals surface area contributed by atoms with Crippen molar-refractivity contribution in [2.45, 2.75) is 13.3 Å². The minimum absolute atomic E-state index is 0.575. The van der Waals surface area contributed by atoms with Crippen molar-refractivity contribution in [1.29, 1.82) is 0 Å². The molecule has 2 heteroatoms. The van der Waals surface area contributed by atoms with E-state index in [1.165, 1.54) is 5.22 Å². The van der Waals surface area contributed by atoms with Crippen molar-refractivity contribution in [3.8, 4) is 0 Å². The number of fused-ring (bicyclic) bond motifs is 1. The van der Waals surface area contributed by atoms with Crippen molar-refractivity contribution in [1.82, 2.24) is 4.98 Å². The highest BCUT2D eigenvalue weighted by atomic mass is 35.5. The van der Waals surface area contributed by atoms with Gasteiger partial charge in [0.2, 0.25) is 0 Å². The number of nitrogens with one attached hydrogen (secondary N) is 1. The van der Waals surface area contributed by atoms with E-state index in [4.69, 9.17) is 11.6 Å². The average molecular weight is 168 g/mol. The van der Waals surface area contributed by atoms with Crippen LogP contribution < -0.4 is 10.6 Å². The lowest BCUT2D eigenvalue weighted by Crippen LogP contribution is -2.28. The molecule has 1 atom stereocenters. The van der Waals surface area contributed by atoms with Gasteiger partial charge in [0, 0.05) is 11.2 Å². The first kappa shape index (κ1) is 6.99. The highest BCUT2D eigenvalue weighted by Crippen LogP contribution is 2.17. The van der Waals surface area contributed by atoms with Gasteiger partial charge in [-0.15, -0.1) is 0 Å². The highest BCUT2D eigenvalue weighted by molar-refractivity contribution is 6.45. The molecule has 11 heavy (non-hydrogen) atoms. The lowest BCUT2D eigenvalue weighted by molar-refractivity contribution is 0.793. The Hall–Kier alpha value is -0.690. The van der Waals surface area contributed by atoms with E-state index in [1.807, 2.05) is 6.20 Å². The lowest BCUT2D eigenvalue weighted by atomic mass is 10.0. The normalized spacial score (nSPS) is 22.7. The number of hydrogen-bond donors (Lipinski definition) is 1. The van der Waals surface area contributed by atoms with E-state index in [9.17, 15) is 0 Å². The second-order valence-electron chi connectivity index (χ2n) is 3.06. The Balaban J connectivity index is 2.80. The summed E-state index contributed by atoms with van der Waals surface area (Å²) in [5.74, 6) is 0.575. The van der Waals surface area contributed by atoms with Gasteiger partial charge in [-0.25, -0.2) is 0 Å². The third kappa shape index (κ3) is 1.10. The zero-order valence-corrected chi connectivity index (χ0v) is 7.15. The molecule has 1 aromatic heterocycles. The zero-order valence-electron chi connectivity index (χ0n) is 6.39. The molecule has 2 rings (SSSR count). The van der Waals surface area contributed by atoms with Crippen LogP contribution in [0.5, 0.6) is 0 Å². The van der Waals surface area contributed by atoms with Crippen LogP contribution in [-0.4, -0.2) is 4.98 Å². The van der Waals surface area contributed by atoms with Crippen LogP contribution in [0.25, 0.3) is 11.1 Å². The predicted molar refractivity (Wildman–Crippen MR) is 47.5 cm³/mol. The Kier molecular flexibility index (Phi) is 1.53. The fourth-order valence-electron chi connectivity index (χ4n) is 1.51. The van der Waals surface area contributed by atoms with Gasteiger partial charge in [-0.3, -0.25) is 0 Å². The summed E-state index contributed by atoms with van der Waals surface area (Å²) in [6.45, 7) is 2.18. The molecule has 58 valence electrons. The summed E-state index contributed by atoms with van der Waals surface area (Å²) in [6, 6.07) is 2.06. The van der Waals surface area contributed by atoms with E-state index in [2.05, 4.69) is 24.1 Å². The Morgan fingerprint density at radius 3 is 3.27 bits per heavy atom. The minimum Gasteiger partial charge on any atom is -0.360 e. The summed E-state index contributed by atoms with van der Waals surface area (Å²) in [6.07, 6.45) is 5.15. The molecule has 1 aromatic rings. The molecular weight excluding hydrogens is 158 g/mol. The number of hydrogen-bond acceptors (Lipinski definition) is 0. The second kappa shape index (κ2) is 2.42. The molecule has 1 nitrogen and oxygen atoms in total. The molecule has 0 aliphatic heterocycles. The summed E-state index contributed by atoms with van der Waals surface area (Å²) in [5.41, 5.74) is 0. The van der Waals surface area contributed by atoms with Crippen LogP contribution in [0.3, 0.4) is 0 Å². The monoisotopic (exact) mass is 167 g/mol. The van der Waals surface area contributed by atoms with Crippen LogP contribution >= 0.6 is 11.6 Å². The van der Waals surface area contributed by atoms with E-state index in [0.717, 1.165) is 16.8 Å². The van der Waals surface area contributed by atoms with Gasteiger partial charge in [0.05, 0.1) is 5.35 Å². The Morgan fingerprint density at radius 2 is 2.45 bits per heavy atom. The molecular formula is C9H10ClN. The number of halogens is 1. The number of aromatic amines is 1. The van der Waals surface area contributed by atoms with Gasteiger partial charge in [0.25, 0.3) is 0 Å². The van der Waals surface area contributed by atoms with Crippen LogP contribution in [0.4, 0.5) is 0 Å². The fourth-order valence-corrected chi connectivity index (χ4v) is 1.91. The molecule has 1 aliphatic rings. The lowest BCUT2D eigenvalue weighted by Gasteiger charge is -2.07. The quantitative estimate of drug-likeness (QED) is 0.598. The summed E-state index contributed by atoms with van der Waals surface area (Å²) < 4.78 is 0. The standard InChI is InChI=1S/C9H10ClN/c1-6-4-7-2-3-11-9(7)8(10)5-6/h2-4,6,11H,5H2,1H3/t6-/m1/s1. The van der Waals surface area contributed by atoms with Crippen LogP contribution in [-0.2, 0) is 0 Å². The van der Waals surface area contributed by atoms with Gasteiger partial charge < -0.3 is 4.98 Å².